The van der Waals surface area contributed by atoms with Gasteiger partial charge >= 0.3 is 0 Å². The second-order valence-corrected chi connectivity index (χ2v) is 5.79. The van der Waals surface area contributed by atoms with Gasteiger partial charge in [0.1, 0.15) is 11.6 Å². The van der Waals surface area contributed by atoms with Crippen molar-refractivity contribution in [3.05, 3.63) is 82.7 Å². The van der Waals surface area contributed by atoms with Crippen molar-refractivity contribution in [1.82, 2.24) is 9.78 Å². The van der Waals surface area contributed by atoms with E-state index in [1.54, 1.807) is 29.8 Å². The number of hydrogen-bond donors (Lipinski definition) is 1. The number of anilines is 1. The van der Waals surface area contributed by atoms with Gasteiger partial charge in [0, 0.05) is 5.56 Å². The molecule has 0 fully saturated rings. The standard InChI is InChI=1S/C19H17F2N3O/c1-12-18(22-19(25)15-4-3-5-17(21)10-15)13(2)24(23-12)11-14-6-8-16(20)9-7-14/h3-10H,11H2,1-2H3,(H,22,25). The lowest BCUT2D eigenvalue weighted by atomic mass is 10.2. The van der Waals surface area contributed by atoms with Gasteiger partial charge in [0.25, 0.3) is 5.91 Å². The van der Waals surface area contributed by atoms with Gasteiger partial charge in [-0.25, -0.2) is 8.78 Å². The fourth-order valence-electron chi connectivity index (χ4n) is 2.61. The van der Waals surface area contributed by atoms with Crippen molar-refractivity contribution in [2.75, 3.05) is 5.32 Å². The van der Waals surface area contributed by atoms with Crippen molar-refractivity contribution in [3.8, 4) is 0 Å². The minimum atomic E-state index is -0.465. The lowest BCUT2D eigenvalue weighted by molar-refractivity contribution is 0.102. The molecule has 0 atom stereocenters. The van der Waals surface area contributed by atoms with Crippen molar-refractivity contribution >= 4 is 11.6 Å². The van der Waals surface area contributed by atoms with Crippen LogP contribution in [0.5, 0.6) is 0 Å². The molecule has 25 heavy (non-hydrogen) atoms. The Bertz CT molecular complexity index is 917. The average Bonchev–Trinajstić information content (AvgIpc) is 2.84. The number of hydrogen-bond acceptors (Lipinski definition) is 2. The van der Waals surface area contributed by atoms with Crippen LogP contribution in [0.3, 0.4) is 0 Å². The number of aromatic nitrogens is 2. The van der Waals surface area contributed by atoms with E-state index in [4.69, 9.17) is 0 Å². The summed E-state index contributed by atoms with van der Waals surface area (Å²) in [5, 5.41) is 7.21. The number of carbonyl (C=O) groups is 1. The zero-order chi connectivity index (χ0) is 18.0. The molecule has 1 aromatic heterocycles. The number of benzene rings is 2. The van der Waals surface area contributed by atoms with Crippen LogP contribution in [0.2, 0.25) is 0 Å². The van der Waals surface area contributed by atoms with Gasteiger partial charge in [-0.05, 0) is 49.7 Å². The van der Waals surface area contributed by atoms with Crippen LogP contribution in [0.1, 0.15) is 27.3 Å². The number of halogens is 2. The summed E-state index contributed by atoms with van der Waals surface area (Å²) in [5.74, 6) is -1.15. The van der Waals surface area contributed by atoms with E-state index in [-0.39, 0.29) is 11.4 Å². The van der Waals surface area contributed by atoms with Crippen molar-refractivity contribution in [2.24, 2.45) is 0 Å². The lowest BCUT2D eigenvalue weighted by Crippen LogP contribution is -2.13. The first kappa shape index (κ1) is 16.8. The van der Waals surface area contributed by atoms with Crippen molar-refractivity contribution in [3.63, 3.8) is 0 Å². The Labute approximate surface area is 144 Å². The highest BCUT2D eigenvalue weighted by molar-refractivity contribution is 6.04. The molecule has 6 heteroatoms. The maximum absolute atomic E-state index is 13.3. The molecule has 0 unspecified atom stereocenters. The van der Waals surface area contributed by atoms with Gasteiger partial charge < -0.3 is 5.32 Å². The number of carbonyl (C=O) groups excluding carboxylic acids is 1. The third-order valence-corrected chi connectivity index (χ3v) is 3.95. The molecule has 0 radical (unpaired) electrons. The molecule has 0 bridgehead atoms. The molecule has 0 aliphatic heterocycles. The minimum Gasteiger partial charge on any atom is -0.319 e. The van der Waals surface area contributed by atoms with E-state index in [1.165, 1.54) is 30.3 Å². The van der Waals surface area contributed by atoms with Crippen LogP contribution >= 0.6 is 0 Å². The molecular formula is C19H17F2N3O. The molecule has 1 amide bonds. The molecule has 0 spiro atoms. The Kier molecular flexibility index (Phi) is 4.61. The molecule has 1 N–H and O–H groups in total. The van der Waals surface area contributed by atoms with Crippen LogP contribution in [0.15, 0.2) is 48.5 Å². The predicted octanol–water partition coefficient (Wildman–Crippen LogP) is 4.08. The fourth-order valence-corrected chi connectivity index (χ4v) is 2.61. The SMILES string of the molecule is Cc1nn(Cc2ccc(F)cc2)c(C)c1NC(=O)c1cccc(F)c1. The van der Waals surface area contributed by atoms with Gasteiger partial charge in [-0.2, -0.15) is 5.10 Å². The van der Waals surface area contributed by atoms with E-state index < -0.39 is 11.7 Å². The molecular weight excluding hydrogens is 324 g/mol. The van der Waals surface area contributed by atoms with Gasteiger partial charge in [0.2, 0.25) is 0 Å². The van der Waals surface area contributed by atoms with Crippen molar-refractivity contribution in [2.45, 2.75) is 20.4 Å². The first-order chi connectivity index (χ1) is 11.9. The first-order valence-corrected chi connectivity index (χ1v) is 7.79. The van der Waals surface area contributed by atoms with E-state index >= 15 is 0 Å². The van der Waals surface area contributed by atoms with Crippen LogP contribution in [0.25, 0.3) is 0 Å². The van der Waals surface area contributed by atoms with Crippen LogP contribution < -0.4 is 5.32 Å². The molecule has 0 aliphatic carbocycles. The van der Waals surface area contributed by atoms with Crippen molar-refractivity contribution in [1.29, 1.82) is 0 Å². The van der Waals surface area contributed by atoms with Gasteiger partial charge in [0.05, 0.1) is 23.6 Å². The van der Waals surface area contributed by atoms with Gasteiger partial charge in [-0.3, -0.25) is 9.48 Å². The van der Waals surface area contributed by atoms with Gasteiger partial charge in [-0.15, -0.1) is 0 Å². The molecule has 3 rings (SSSR count). The summed E-state index contributed by atoms with van der Waals surface area (Å²) in [7, 11) is 0. The first-order valence-electron chi connectivity index (χ1n) is 7.79. The maximum atomic E-state index is 13.3. The highest BCUT2D eigenvalue weighted by Gasteiger charge is 2.15. The molecule has 1 heterocycles. The second kappa shape index (κ2) is 6.84. The quantitative estimate of drug-likeness (QED) is 0.777. The third kappa shape index (κ3) is 3.74. The zero-order valence-electron chi connectivity index (χ0n) is 13.9. The Morgan fingerprint density at radius 3 is 2.48 bits per heavy atom. The van der Waals surface area contributed by atoms with Gasteiger partial charge in [0.15, 0.2) is 0 Å². The number of nitrogens with zero attached hydrogens (tertiary/aromatic N) is 2. The lowest BCUT2D eigenvalue weighted by Gasteiger charge is -2.07. The molecule has 0 saturated carbocycles. The van der Waals surface area contributed by atoms with E-state index in [0.29, 0.717) is 17.9 Å². The van der Waals surface area contributed by atoms with Crippen molar-refractivity contribution < 1.29 is 13.6 Å². The summed E-state index contributed by atoms with van der Waals surface area (Å²) < 4.78 is 28.0. The van der Waals surface area contributed by atoms with E-state index in [1.807, 2.05) is 6.92 Å². The van der Waals surface area contributed by atoms with Crippen LogP contribution in [0.4, 0.5) is 14.5 Å². The number of nitrogens with one attached hydrogen (secondary N) is 1. The van der Waals surface area contributed by atoms with Crippen LogP contribution in [0, 0.1) is 25.5 Å². The number of amides is 1. The smallest absolute Gasteiger partial charge is 0.255 e. The topological polar surface area (TPSA) is 46.9 Å². The highest BCUT2D eigenvalue weighted by atomic mass is 19.1. The maximum Gasteiger partial charge on any atom is 0.255 e. The molecule has 0 saturated heterocycles. The Morgan fingerprint density at radius 1 is 1.08 bits per heavy atom. The Hall–Kier alpha value is -3.02. The van der Waals surface area contributed by atoms with Crippen LogP contribution in [-0.2, 0) is 6.54 Å². The summed E-state index contributed by atoms with van der Waals surface area (Å²) in [6.45, 7) is 4.09. The summed E-state index contributed by atoms with van der Waals surface area (Å²) >= 11 is 0. The second-order valence-electron chi connectivity index (χ2n) is 5.79. The normalized spacial score (nSPS) is 10.7. The summed E-state index contributed by atoms with van der Waals surface area (Å²) in [4.78, 5) is 12.3. The molecule has 0 aliphatic rings. The Morgan fingerprint density at radius 2 is 1.80 bits per heavy atom. The minimum absolute atomic E-state index is 0.241. The van der Waals surface area contributed by atoms with Gasteiger partial charge in [-0.1, -0.05) is 18.2 Å². The molecule has 2 aromatic carbocycles. The summed E-state index contributed by atoms with van der Waals surface area (Å²) in [6.07, 6.45) is 0. The predicted molar refractivity (Wildman–Crippen MR) is 91.6 cm³/mol. The number of rotatable bonds is 4. The fraction of sp³-hybridized carbons (Fsp3) is 0.158. The average molecular weight is 341 g/mol. The van der Waals surface area contributed by atoms with E-state index in [9.17, 15) is 13.6 Å². The highest BCUT2D eigenvalue weighted by Crippen LogP contribution is 2.21. The third-order valence-electron chi connectivity index (χ3n) is 3.95. The molecule has 3 aromatic rings. The monoisotopic (exact) mass is 341 g/mol. The van der Waals surface area contributed by atoms with E-state index in [2.05, 4.69) is 10.4 Å². The zero-order valence-corrected chi connectivity index (χ0v) is 13.9. The van der Waals surface area contributed by atoms with E-state index in [0.717, 1.165) is 11.3 Å². The largest absolute Gasteiger partial charge is 0.319 e. The Balaban J connectivity index is 1.82. The summed E-state index contributed by atoms with van der Waals surface area (Å²) in [5.41, 5.74) is 3.16. The summed E-state index contributed by atoms with van der Waals surface area (Å²) in [6, 6.07) is 11.7. The molecule has 128 valence electrons. The van der Waals surface area contributed by atoms with Crippen LogP contribution in [-0.4, -0.2) is 15.7 Å². The number of aryl methyl sites for hydroxylation is 1. The molecule has 4 nitrogen and oxygen atoms in total.